The third kappa shape index (κ3) is 5.38. The van der Waals surface area contributed by atoms with Gasteiger partial charge in [-0.3, -0.25) is 0 Å². The number of likely N-dealkylation sites (tertiary alicyclic amines) is 1. The van der Waals surface area contributed by atoms with Crippen LogP contribution in [-0.2, 0) is 12.8 Å². The molecule has 0 bridgehead atoms. The molecule has 136 valence electrons. The highest BCUT2D eigenvalue weighted by Crippen LogP contribution is 2.23. The second kappa shape index (κ2) is 9.69. The molecule has 2 aromatic rings. The molecule has 1 saturated heterocycles. The van der Waals surface area contributed by atoms with E-state index in [4.69, 9.17) is 9.47 Å². The summed E-state index contributed by atoms with van der Waals surface area (Å²) in [5.41, 5.74) is 2.57. The van der Waals surface area contributed by atoms with Crippen LogP contribution in [0.15, 0.2) is 48.5 Å². The Kier molecular flexibility index (Phi) is 7.60. The highest BCUT2D eigenvalue weighted by molar-refractivity contribution is 5.85. The van der Waals surface area contributed by atoms with Gasteiger partial charge in [0.15, 0.2) is 0 Å². The lowest BCUT2D eigenvalue weighted by molar-refractivity contribution is 0.197. The van der Waals surface area contributed by atoms with E-state index in [-0.39, 0.29) is 12.4 Å². The third-order valence-electron chi connectivity index (χ3n) is 4.89. The van der Waals surface area contributed by atoms with Crippen LogP contribution in [0.2, 0.25) is 0 Å². The van der Waals surface area contributed by atoms with Crippen molar-refractivity contribution in [2.75, 3.05) is 27.3 Å². The highest BCUT2D eigenvalue weighted by Gasteiger charge is 2.21. The largest absolute Gasteiger partial charge is 0.497 e. The van der Waals surface area contributed by atoms with Gasteiger partial charge in [-0.1, -0.05) is 30.3 Å². The minimum absolute atomic E-state index is 0. The Hall–Kier alpha value is -1.71. The van der Waals surface area contributed by atoms with Crippen molar-refractivity contribution >= 4 is 12.4 Å². The van der Waals surface area contributed by atoms with Gasteiger partial charge in [0.05, 0.1) is 7.11 Å². The second-order valence-corrected chi connectivity index (χ2v) is 6.55. The minimum atomic E-state index is 0. The smallest absolute Gasteiger partial charge is 0.122 e. The van der Waals surface area contributed by atoms with Gasteiger partial charge in [-0.15, -0.1) is 12.4 Å². The fraction of sp³-hybridized carbons (Fsp3) is 0.429. The number of ether oxygens (including phenoxy) is 2. The van der Waals surface area contributed by atoms with Gasteiger partial charge in [-0.05, 0) is 68.6 Å². The summed E-state index contributed by atoms with van der Waals surface area (Å²) in [5, 5.41) is 0. The Morgan fingerprint density at radius 3 is 2.68 bits per heavy atom. The molecule has 1 aliphatic rings. The number of halogens is 1. The van der Waals surface area contributed by atoms with Gasteiger partial charge < -0.3 is 14.4 Å². The number of rotatable bonds is 7. The maximum atomic E-state index is 6.16. The Bertz CT molecular complexity index is 662. The molecule has 0 unspecified atom stereocenters. The molecular formula is C21H28ClNO2. The molecule has 3 nitrogen and oxygen atoms in total. The molecule has 0 amide bonds. The Balaban J connectivity index is 0.00000225. The topological polar surface area (TPSA) is 21.7 Å². The maximum Gasteiger partial charge on any atom is 0.122 e. The predicted molar refractivity (Wildman–Crippen MR) is 105 cm³/mol. The Labute approximate surface area is 157 Å². The van der Waals surface area contributed by atoms with E-state index in [0.717, 1.165) is 30.9 Å². The first kappa shape index (κ1) is 19.6. The maximum absolute atomic E-state index is 6.16. The fourth-order valence-electron chi connectivity index (χ4n) is 3.33. The molecule has 2 aromatic carbocycles. The van der Waals surface area contributed by atoms with Crippen molar-refractivity contribution in [2.45, 2.75) is 31.7 Å². The summed E-state index contributed by atoms with van der Waals surface area (Å²) in [4.78, 5) is 2.40. The summed E-state index contributed by atoms with van der Waals surface area (Å²) in [7, 11) is 3.90. The number of nitrogens with zero attached hydrogens (tertiary/aromatic N) is 1. The van der Waals surface area contributed by atoms with E-state index in [1.165, 1.54) is 30.5 Å². The molecule has 1 atom stereocenters. The number of hydrogen-bond donors (Lipinski definition) is 0. The Morgan fingerprint density at radius 2 is 1.92 bits per heavy atom. The number of methoxy groups -OCH3 is 1. The van der Waals surface area contributed by atoms with Crippen molar-refractivity contribution in [3.8, 4) is 11.5 Å². The molecule has 0 spiro atoms. The molecule has 0 radical (unpaired) electrons. The summed E-state index contributed by atoms with van der Waals surface area (Å²) >= 11 is 0. The van der Waals surface area contributed by atoms with Gasteiger partial charge in [0.2, 0.25) is 0 Å². The molecule has 4 heteroatoms. The first-order valence-electron chi connectivity index (χ1n) is 8.80. The van der Waals surface area contributed by atoms with Crippen LogP contribution in [0.1, 0.15) is 24.0 Å². The van der Waals surface area contributed by atoms with Crippen LogP contribution >= 0.6 is 12.4 Å². The number of aryl methyl sites for hydroxylation is 2. The van der Waals surface area contributed by atoms with Gasteiger partial charge >= 0.3 is 0 Å². The molecule has 0 aliphatic carbocycles. The van der Waals surface area contributed by atoms with E-state index in [1.54, 1.807) is 7.11 Å². The molecule has 0 saturated carbocycles. The summed E-state index contributed by atoms with van der Waals surface area (Å²) in [6, 6.07) is 17.3. The summed E-state index contributed by atoms with van der Waals surface area (Å²) < 4.78 is 11.5. The molecule has 1 heterocycles. The Morgan fingerprint density at radius 1 is 1.08 bits per heavy atom. The van der Waals surface area contributed by atoms with Gasteiger partial charge in [0.25, 0.3) is 0 Å². The zero-order valence-corrected chi connectivity index (χ0v) is 15.9. The summed E-state index contributed by atoms with van der Waals surface area (Å²) in [6.07, 6.45) is 4.48. The molecule has 3 rings (SSSR count). The minimum Gasteiger partial charge on any atom is -0.497 e. The van der Waals surface area contributed by atoms with Crippen LogP contribution in [0, 0.1) is 0 Å². The molecular weight excluding hydrogens is 334 g/mol. The molecule has 25 heavy (non-hydrogen) atoms. The fourth-order valence-corrected chi connectivity index (χ4v) is 3.33. The predicted octanol–water partition coefficient (Wildman–Crippen LogP) is 4.38. The van der Waals surface area contributed by atoms with Gasteiger partial charge in [0, 0.05) is 6.04 Å². The second-order valence-electron chi connectivity index (χ2n) is 6.55. The quantitative estimate of drug-likeness (QED) is 0.730. The highest BCUT2D eigenvalue weighted by atomic mass is 35.5. The summed E-state index contributed by atoms with van der Waals surface area (Å²) in [5.74, 6) is 1.95. The SMILES string of the molecule is COc1cccc(CCc2ccccc2OC[C@H]2CCCN2C)c1.Cl. The monoisotopic (exact) mass is 361 g/mol. The molecule has 0 N–H and O–H groups in total. The van der Waals surface area contributed by atoms with E-state index in [2.05, 4.69) is 48.3 Å². The molecule has 0 aromatic heterocycles. The van der Waals surface area contributed by atoms with Crippen LogP contribution < -0.4 is 9.47 Å². The van der Waals surface area contributed by atoms with Crippen molar-refractivity contribution in [3.63, 3.8) is 0 Å². The normalized spacial score (nSPS) is 17.1. The molecule has 1 fully saturated rings. The number of benzene rings is 2. The van der Waals surface area contributed by atoms with Gasteiger partial charge in [-0.25, -0.2) is 0 Å². The van der Waals surface area contributed by atoms with Crippen LogP contribution in [0.4, 0.5) is 0 Å². The number of para-hydroxylation sites is 1. The third-order valence-corrected chi connectivity index (χ3v) is 4.89. The lowest BCUT2D eigenvalue weighted by Crippen LogP contribution is -2.30. The average molecular weight is 362 g/mol. The van der Waals surface area contributed by atoms with Crippen LogP contribution in [0.5, 0.6) is 11.5 Å². The number of likely N-dealkylation sites (N-methyl/N-ethyl adjacent to an activating group) is 1. The van der Waals surface area contributed by atoms with Crippen molar-refractivity contribution in [3.05, 3.63) is 59.7 Å². The standard InChI is InChI=1S/C21H27NO2.ClH/c1-22-14-6-9-19(22)16-24-21-11-4-3-8-18(21)13-12-17-7-5-10-20(15-17)23-2;/h3-5,7-8,10-11,15,19H,6,9,12-14,16H2,1-2H3;1H/t19-;/m1./s1. The average Bonchev–Trinajstić information content (AvgIpc) is 3.04. The van der Waals surface area contributed by atoms with E-state index in [0.29, 0.717) is 6.04 Å². The van der Waals surface area contributed by atoms with E-state index >= 15 is 0 Å². The molecule has 1 aliphatic heterocycles. The lowest BCUT2D eigenvalue weighted by atomic mass is 10.0. The van der Waals surface area contributed by atoms with Crippen molar-refractivity contribution < 1.29 is 9.47 Å². The van der Waals surface area contributed by atoms with Crippen molar-refractivity contribution in [1.29, 1.82) is 0 Å². The van der Waals surface area contributed by atoms with E-state index in [1.807, 2.05) is 12.1 Å². The van der Waals surface area contributed by atoms with Crippen LogP contribution in [-0.4, -0.2) is 38.3 Å². The first-order chi connectivity index (χ1) is 11.8. The zero-order valence-electron chi connectivity index (χ0n) is 15.1. The number of hydrogen-bond acceptors (Lipinski definition) is 3. The summed E-state index contributed by atoms with van der Waals surface area (Å²) in [6.45, 7) is 1.97. The van der Waals surface area contributed by atoms with E-state index in [9.17, 15) is 0 Å². The first-order valence-corrected chi connectivity index (χ1v) is 8.80. The van der Waals surface area contributed by atoms with Crippen molar-refractivity contribution in [2.24, 2.45) is 0 Å². The van der Waals surface area contributed by atoms with Gasteiger partial charge in [-0.2, -0.15) is 0 Å². The van der Waals surface area contributed by atoms with Crippen LogP contribution in [0.25, 0.3) is 0 Å². The van der Waals surface area contributed by atoms with Gasteiger partial charge in [0.1, 0.15) is 18.1 Å². The van der Waals surface area contributed by atoms with E-state index < -0.39 is 0 Å². The zero-order chi connectivity index (χ0) is 16.8. The van der Waals surface area contributed by atoms with Crippen molar-refractivity contribution in [1.82, 2.24) is 4.90 Å². The lowest BCUT2D eigenvalue weighted by Gasteiger charge is -2.20. The van der Waals surface area contributed by atoms with Crippen LogP contribution in [0.3, 0.4) is 0 Å².